The number of hydrogen-bond acceptors (Lipinski definition) is 7. The summed E-state index contributed by atoms with van der Waals surface area (Å²) >= 11 is 8.63. The van der Waals surface area contributed by atoms with E-state index in [9.17, 15) is 10.0 Å². The fourth-order valence-corrected chi connectivity index (χ4v) is 3.35. The number of amides is 1. The highest BCUT2D eigenvalue weighted by Gasteiger charge is 2.23. The quantitative estimate of drug-likeness (QED) is 0.248. The van der Waals surface area contributed by atoms with Gasteiger partial charge in [0.25, 0.3) is 0 Å². The second kappa shape index (κ2) is 11.0. The summed E-state index contributed by atoms with van der Waals surface area (Å²) in [4.78, 5) is 28.4. The lowest BCUT2D eigenvalue weighted by molar-refractivity contribution is 0.105. The maximum absolute atomic E-state index is 11.9. The first-order chi connectivity index (χ1) is 15.0. The number of carbonyl (C=O) groups excluding carboxylic acids is 1. The molecule has 1 aliphatic rings. The Hall–Kier alpha value is -2.83. The first kappa shape index (κ1) is 22.8. The fraction of sp³-hybridized carbons (Fsp3) is 0.316. The lowest BCUT2D eigenvalue weighted by atomic mass is 10.3. The van der Waals surface area contributed by atoms with E-state index in [4.69, 9.17) is 17.0 Å². The smallest absolute Gasteiger partial charge is 0.409 e. The number of halogens is 1. The minimum Gasteiger partial charge on any atom is -0.450 e. The molecule has 164 valence electrons. The molecule has 3 N–H and O–H groups in total. The van der Waals surface area contributed by atoms with Crippen LogP contribution in [0.2, 0.25) is 0 Å². The molecule has 2 aromatic rings. The van der Waals surface area contributed by atoms with Crippen LogP contribution in [0.25, 0.3) is 0 Å². The second-order valence-corrected chi connectivity index (χ2v) is 7.75. The van der Waals surface area contributed by atoms with Gasteiger partial charge >= 0.3 is 6.09 Å². The van der Waals surface area contributed by atoms with Crippen LogP contribution < -0.4 is 15.7 Å². The average molecular weight is 508 g/mol. The zero-order valence-corrected chi connectivity index (χ0v) is 19.2. The van der Waals surface area contributed by atoms with Crippen molar-refractivity contribution in [1.82, 2.24) is 20.3 Å². The van der Waals surface area contributed by atoms with Crippen LogP contribution in [0.5, 0.6) is 0 Å². The lowest BCUT2D eigenvalue weighted by Crippen LogP contribution is -2.49. The van der Waals surface area contributed by atoms with Gasteiger partial charge < -0.3 is 19.9 Å². The van der Waals surface area contributed by atoms with Crippen molar-refractivity contribution >= 4 is 56.7 Å². The number of piperazine rings is 1. The molecule has 2 heterocycles. The van der Waals surface area contributed by atoms with Crippen molar-refractivity contribution < 1.29 is 14.7 Å². The zero-order valence-electron chi connectivity index (χ0n) is 16.8. The van der Waals surface area contributed by atoms with Gasteiger partial charge in [-0.15, -0.1) is 0 Å². The highest BCUT2D eigenvalue weighted by Crippen LogP contribution is 2.15. The number of carbonyl (C=O) groups is 1. The molecule has 1 fully saturated rings. The van der Waals surface area contributed by atoms with Gasteiger partial charge in [0.05, 0.1) is 19.0 Å². The van der Waals surface area contributed by atoms with E-state index in [-0.39, 0.29) is 17.0 Å². The molecule has 10 nitrogen and oxygen atoms in total. The Morgan fingerprint density at radius 3 is 2.61 bits per heavy atom. The Balaban J connectivity index is 1.67. The second-order valence-electron chi connectivity index (χ2n) is 6.44. The standard InChI is InChI=1S/C19H22BrN7O3S/c1-2-30-19(28)27-9-7-26(8-10-27)16-12-21-11-15(23-16)17(25-29)24-18(31)22-14-5-3-13(20)4-6-14/h3-6,11-12,29H,2,7-10H2,1H3,(H2,22,24,25,31). The van der Waals surface area contributed by atoms with Crippen LogP contribution in [-0.4, -0.2) is 69.9 Å². The molecule has 1 amide bonds. The van der Waals surface area contributed by atoms with Crippen molar-refractivity contribution in [2.45, 2.75) is 6.92 Å². The number of ether oxygens (including phenoxy) is 1. The van der Waals surface area contributed by atoms with E-state index in [1.807, 2.05) is 34.6 Å². The van der Waals surface area contributed by atoms with Gasteiger partial charge in [-0.2, -0.15) is 4.99 Å². The molecule has 1 aromatic carbocycles. The van der Waals surface area contributed by atoms with Crippen molar-refractivity contribution in [2.24, 2.45) is 4.99 Å². The number of hydroxylamine groups is 1. The summed E-state index contributed by atoms with van der Waals surface area (Å²) in [6.45, 7) is 4.33. The highest BCUT2D eigenvalue weighted by atomic mass is 79.9. The number of aliphatic imine (C=N–C) groups is 1. The maximum Gasteiger partial charge on any atom is 0.409 e. The van der Waals surface area contributed by atoms with Crippen molar-refractivity contribution in [3.05, 3.63) is 46.8 Å². The number of amidine groups is 1. The number of nitrogens with zero attached hydrogens (tertiary/aromatic N) is 5. The molecule has 1 saturated heterocycles. The van der Waals surface area contributed by atoms with Gasteiger partial charge in [-0.3, -0.25) is 15.7 Å². The van der Waals surface area contributed by atoms with Gasteiger partial charge in [-0.1, -0.05) is 15.9 Å². The molecule has 31 heavy (non-hydrogen) atoms. The minimum absolute atomic E-state index is 0.0640. The van der Waals surface area contributed by atoms with E-state index >= 15 is 0 Å². The van der Waals surface area contributed by atoms with Crippen molar-refractivity contribution in [1.29, 1.82) is 0 Å². The predicted octanol–water partition coefficient (Wildman–Crippen LogP) is 2.64. The molecule has 0 saturated carbocycles. The van der Waals surface area contributed by atoms with Gasteiger partial charge in [0.2, 0.25) is 0 Å². The molecule has 0 unspecified atom stereocenters. The summed E-state index contributed by atoms with van der Waals surface area (Å²) in [7, 11) is 0. The van der Waals surface area contributed by atoms with E-state index in [1.54, 1.807) is 18.0 Å². The predicted molar refractivity (Wildman–Crippen MR) is 125 cm³/mol. The average Bonchev–Trinajstić information content (AvgIpc) is 2.79. The van der Waals surface area contributed by atoms with Crippen LogP contribution in [0, 0.1) is 0 Å². The molecule has 0 radical (unpaired) electrons. The SMILES string of the molecule is CCOC(=O)N1CCN(c2cncc(/C(=N/C(=S)Nc3ccc(Br)cc3)NO)n2)CC1. The summed E-state index contributed by atoms with van der Waals surface area (Å²) in [6, 6.07) is 7.43. The first-order valence-electron chi connectivity index (χ1n) is 9.54. The van der Waals surface area contributed by atoms with Crippen molar-refractivity contribution in [3.63, 3.8) is 0 Å². The number of thiocarbonyl (C=S) groups is 1. The third-order valence-corrected chi connectivity index (χ3v) is 5.13. The summed E-state index contributed by atoms with van der Waals surface area (Å²) in [6.07, 6.45) is 2.78. The Bertz CT molecular complexity index is 950. The highest BCUT2D eigenvalue weighted by molar-refractivity contribution is 9.10. The Morgan fingerprint density at radius 2 is 1.97 bits per heavy atom. The summed E-state index contributed by atoms with van der Waals surface area (Å²) in [5.41, 5.74) is 3.12. The van der Waals surface area contributed by atoms with Crippen LogP contribution in [0.4, 0.5) is 16.3 Å². The van der Waals surface area contributed by atoms with E-state index in [1.165, 1.54) is 6.20 Å². The van der Waals surface area contributed by atoms with Gasteiger partial charge in [0.15, 0.2) is 10.9 Å². The van der Waals surface area contributed by atoms with E-state index in [0.29, 0.717) is 44.3 Å². The molecular weight excluding hydrogens is 486 g/mol. The Morgan fingerprint density at radius 1 is 1.26 bits per heavy atom. The van der Waals surface area contributed by atoms with Crippen LogP contribution in [0.3, 0.4) is 0 Å². The molecule has 0 atom stereocenters. The monoisotopic (exact) mass is 507 g/mol. The van der Waals surface area contributed by atoms with Crippen LogP contribution >= 0.6 is 28.1 Å². The van der Waals surface area contributed by atoms with Gasteiger partial charge in [0, 0.05) is 36.3 Å². The summed E-state index contributed by atoms with van der Waals surface area (Å²) in [5.74, 6) is 0.671. The number of aromatic nitrogens is 2. The normalized spacial score (nSPS) is 14.2. The molecule has 0 aliphatic carbocycles. The number of anilines is 2. The molecule has 3 rings (SSSR count). The van der Waals surface area contributed by atoms with E-state index in [2.05, 4.69) is 36.2 Å². The third-order valence-electron chi connectivity index (χ3n) is 4.41. The van der Waals surface area contributed by atoms with Gasteiger partial charge in [0.1, 0.15) is 11.5 Å². The van der Waals surface area contributed by atoms with E-state index in [0.717, 1.165) is 10.2 Å². The van der Waals surface area contributed by atoms with Crippen molar-refractivity contribution in [2.75, 3.05) is 43.0 Å². The molecule has 1 aromatic heterocycles. The van der Waals surface area contributed by atoms with E-state index < -0.39 is 0 Å². The number of benzene rings is 1. The molecule has 1 aliphatic heterocycles. The molecule has 12 heteroatoms. The summed E-state index contributed by atoms with van der Waals surface area (Å²) < 4.78 is 5.99. The van der Waals surface area contributed by atoms with Gasteiger partial charge in [-0.05, 0) is 43.4 Å². The zero-order chi connectivity index (χ0) is 22.2. The third kappa shape index (κ3) is 6.32. The maximum atomic E-state index is 11.9. The lowest BCUT2D eigenvalue weighted by Gasteiger charge is -2.34. The fourth-order valence-electron chi connectivity index (χ4n) is 2.88. The first-order valence-corrected chi connectivity index (χ1v) is 10.7. The molecule has 0 spiro atoms. The number of nitrogens with one attached hydrogen (secondary N) is 2. The molecule has 0 bridgehead atoms. The summed E-state index contributed by atoms with van der Waals surface area (Å²) in [5, 5.41) is 12.7. The van der Waals surface area contributed by atoms with Crippen molar-refractivity contribution in [3.8, 4) is 0 Å². The molecular formula is C19H22BrN7O3S. The Labute approximate surface area is 193 Å². The van der Waals surface area contributed by atoms with Crippen LogP contribution in [0.15, 0.2) is 46.1 Å². The van der Waals surface area contributed by atoms with Crippen LogP contribution in [0.1, 0.15) is 12.6 Å². The topological polar surface area (TPSA) is 115 Å². The number of hydrogen-bond donors (Lipinski definition) is 3. The number of rotatable bonds is 4. The van der Waals surface area contributed by atoms with Crippen LogP contribution in [-0.2, 0) is 4.74 Å². The largest absolute Gasteiger partial charge is 0.450 e. The minimum atomic E-state index is -0.312. The van der Waals surface area contributed by atoms with Gasteiger partial charge in [-0.25, -0.2) is 9.78 Å². The Kier molecular flexibility index (Phi) is 8.09.